The van der Waals surface area contributed by atoms with Gasteiger partial charge in [-0.3, -0.25) is 0 Å². The van der Waals surface area contributed by atoms with Gasteiger partial charge in [-0.05, 0) is 36.8 Å². The second-order valence-electron chi connectivity index (χ2n) is 4.41. The van der Waals surface area contributed by atoms with Crippen LogP contribution in [0.25, 0.3) is 0 Å². The predicted octanol–water partition coefficient (Wildman–Crippen LogP) is 4.74. The number of alkyl halides is 2. The first-order valence-corrected chi connectivity index (χ1v) is 6.22. The van der Waals surface area contributed by atoms with Crippen LogP contribution in [0.3, 0.4) is 0 Å². The van der Waals surface area contributed by atoms with E-state index in [1.54, 1.807) is 19.1 Å². The predicted molar refractivity (Wildman–Crippen MR) is 71.5 cm³/mol. The van der Waals surface area contributed by atoms with E-state index < -0.39 is 18.2 Å². The number of hydrogen-bond acceptors (Lipinski definition) is 2. The third kappa shape index (κ3) is 3.87. The summed E-state index contributed by atoms with van der Waals surface area (Å²) < 4.78 is 55.0. The van der Waals surface area contributed by atoms with Gasteiger partial charge in [-0.15, -0.1) is 0 Å². The highest BCUT2D eigenvalue weighted by Crippen LogP contribution is 2.24. The number of anilines is 1. The van der Waals surface area contributed by atoms with Crippen molar-refractivity contribution in [3.05, 3.63) is 59.7 Å². The van der Waals surface area contributed by atoms with Crippen molar-refractivity contribution in [1.29, 1.82) is 0 Å². The first-order chi connectivity index (χ1) is 9.97. The molecule has 0 bridgehead atoms. The van der Waals surface area contributed by atoms with E-state index >= 15 is 0 Å². The molecule has 21 heavy (non-hydrogen) atoms. The van der Waals surface area contributed by atoms with Crippen LogP contribution >= 0.6 is 0 Å². The van der Waals surface area contributed by atoms with Crippen molar-refractivity contribution in [2.75, 3.05) is 5.32 Å². The van der Waals surface area contributed by atoms with Gasteiger partial charge in [0.05, 0.1) is 5.69 Å². The Morgan fingerprint density at radius 1 is 1.00 bits per heavy atom. The average Bonchev–Trinajstić information content (AvgIpc) is 2.44. The van der Waals surface area contributed by atoms with Crippen molar-refractivity contribution < 1.29 is 22.3 Å². The van der Waals surface area contributed by atoms with Gasteiger partial charge in [0, 0.05) is 6.04 Å². The maximum atomic E-state index is 13.5. The molecule has 2 aromatic carbocycles. The molecule has 1 N–H and O–H groups in total. The van der Waals surface area contributed by atoms with Crippen LogP contribution in [-0.4, -0.2) is 6.61 Å². The van der Waals surface area contributed by atoms with Crippen molar-refractivity contribution in [2.24, 2.45) is 0 Å². The third-order valence-electron chi connectivity index (χ3n) is 2.93. The highest BCUT2D eigenvalue weighted by Gasteiger charge is 2.12. The van der Waals surface area contributed by atoms with E-state index in [4.69, 9.17) is 0 Å². The zero-order valence-electron chi connectivity index (χ0n) is 11.1. The molecule has 0 aromatic heterocycles. The number of nitrogens with one attached hydrogen (secondary N) is 1. The minimum Gasteiger partial charge on any atom is -0.435 e. The van der Waals surface area contributed by atoms with Crippen LogP contribution in [0.1, 0.15) is 18.5 Å². The SMILES string of the molecule is CC(Nc1cccc(F)c1F)c1ccc(OC(F)F)cc1. The lowest BCUT2D eigenvalue weighted by atomic mass is 10.1. The van der Waals surface area contributed by atoms with Gasteiger partial charge in [0.2, 0.25) is 0 Å². The molecular weight excluding hydrogens is 286 g/mol. The van der Waals surface area contributed by atoms with Crippen LogP contribution in [0.15, 0.2) is 42.5 Å². The van der Waals surface area contributed by atoms with Crippen LogP contribution < -0.4 is 10.1 Å². The summed E-state index contributed by atoms with van der Waals surface area (Å²) in [7, 11) is 0. The second-order valence-corrected chi connectivity index (χ2v) is 4.41. The van der Waals surface area contributed by atoms with Crippen LogP contribution in [0, 0.1) is 11.6 Å². The molecule has 0 aliphatic carbocycles. The van der Waals surface area contributed by atoms with Crippen molar-refractivity contribution in [3.63, 3.8) is 0 Å². The molecule has 1 atom stereocenters. The summed E-state index contributed by atoms with van der Waals surface area (Å²) in [4.78, 5) is 0. The molecule has 2 aromatic rings. The molecule has 0 heterocycles. The summed E-state index contributed by atoms with van der Waals surface area (Å²) in [6.45, 7) is -1.14. The van der Waals surface area contributed by atoms with E-state index in [1.807, 2.05) is 0 Å². The number of hydrogen-bond donors (Lipinski definition) is 1. The standard InChI is InChI=1S/C15H13F4NO/c1-9(20-13-4-2-3-12(16)14(13)17)10-5-7-11(8-6-10)21-15(18)19/h2-9,15,20H,1H3. The minimum absolute atomic E-state index is 0.0374. The van der Waals surface area contributed by atoms with Gasteiger partial charge in [0.25, 0.3) is 0 Å². The Bertz CT molecular complexity index is 601. The maximum absolute atomic E-state index is 13.5. The maximum Gasteiger partial charge on any atom is 0.387 e. The quantitative estimate of drug-likeness (QED) is 0.805. The summed E-state index contributed by atoms with van der Waals surface area (Å²) in [5.41, 5.74) is 0.760. The smallest absolute Gasteiger partial charge is 0.387 e. The number of halogens is 4. The summed E-state index contributed by atoms with van der Waals surface area (Å²) in [5, 5.41) is 2.82. The van der Waals surface area contributed by atoms with E-state index in [2.05, 4.69) is 10.1 Å². The highest BCUT2D eigenvalue weighted by molar-refractivity contribution is 5.47. The Labute approximate surface area is 119 Å². The fourth-order valence-corrected chi connectivity index (χ4v) is 1.87. The summed E-state index contributed by atoms with van der Waals surface area (Å²) in [6.07, 6.45) is 0. The molecule has 6 heteroatoms. The van der Waals surface area contributed by atoms with Crippen LogP contribution in [0.2, 0.25) is 0 Å². The zero-order chi connectivity index (χ0) is 15.4. The van der Waals surface area contributed by atoms with Gasteiger partial charge in [0.1, 0.15) is 5.75 Å². The van der Waals surface area contributed by atoms with Gasteiger partial charge in [-0.25, -0.2) is 8.78 Å². The Morgan fingerprint density at radius 3 is 2.29 bits per heavy atom. The van der Waals surface area contributed by atoms with Crippen molar-refractivity contribution in [3.8, 4) is 5.75 Å². The molecule has 0 radical (unpaired) electrons. The largest absolute Gasteiger partial charge is 0.435 e. The van der Waals surface area contributed by atoms with Gasteiger partial charge >= 0.3 is 6.61 Å². The summed E-state index contributed by atoms with van der Waals surface area (Å²) in [6, 6.07) is 9.45. The van der Waals surface area contributed by atoms with E-state index in [0.717, 1.165) is 11.6 Å². The van der Waals surface area contributed by atoms with Crippen molar-refractivity contribution in [1.82, 2.24) is 0 Å². The van der Waals surface area contributed by atoms with Crippen molar-refractivity contribution in [2.45, 2.75) is 19.6 Å². The highest BCUT2D eigenvalue weighted by atomic mass is 19.3. The van der Waals surface area contributed by atoms with Gasteiger partial charge in [-0.2, -0.15) is 8.78 Å². The third-order valence-corrected chi connectivity index (χ3v) is 2.93. The second kappa shape index (κ2) is 6.47. The van der Waals surface area contributed by atoms with Gasteiger partial charge in [-0.1, -0.05) is 18.2 Å². The molecule has 2 rings (SSSR count). The lowest BCUT2D eigenvalue weighted by Crippen LogP contribution is -2.09. The molecule has 0 spiro atoms. The molecular formula is C15H13F4NO. The molecule has 0 saturated carbocycles. The molecule has 0 amide bonds. The Kier molecular flexibility index (Phi) is 4.67. The normalized spacial score (nSPS) is 12.3. The fraction of sp³-hybridized carbons (Fsp3) is 0.200. The minimum atomic E-state index is -2.88. The van der Waals surface area contributed by atoms with Crippen LogP contribution in [0.4, 0.5) is 23.2 Å². The van der Waals surface area contributed by atoms with Crippen molar-refractivity contribution >= 4 is 5.69 Å². The molecule has 1 unspecified atom stereocenters. The first kappa shape index (κ1) is 15.2. The van der Waals surface area contributed by atoms with Crippen LogP contribution in [0.5, 0.6) is 5.75 Å². The monoisotopic (exact) mass is 299 g/mol. The molecule has 0 fully saturated rings. The van der Waals surface area contributed by atoms with E-state index in [0.29, 0.717) is 0 Å². The number of rotatable bonds is 5. The lowest BCUT2D eigenvalue weighted by molar-refractivity contribution is -0.0498. The number of ether oxygens (including phenoxy) is 1. The summed E-state index contributed by atoms with van der Waals surface area (Å²) in [5.74, 6) is -1.85. The Morgan fingerprint density at radius 2 is 1.67 bits per heavy atom. The fourth-order valence-electron chi connectivity index (χ4n) is 1.87. The molecule has 2 nitrogen and oxygen atoms in total. The summed E-state index contributed by atoms with van der Waals surface area (Å²) >= 11 is 0. The molecule has 0 saturated heterocycles. The zero-order valence-corrected chi connectivity index (χ0v) is 11.1. The van der Waals surface area contributed by atoms with E-state index in [-0.39, 0.29) is 17.5 Å². The van der Waals surface area contributed by atoms with Crippen LogP contribution in [-0.2, 0) is 0 Å². The molecule has 0 aliphatic heterocycles. The van der Waals surface area contributed by atoms with E-state index in [1.165, 1.54) is 24.3 Å². The Balaban J connectivity index is 2.09. The molecule has 0 aliphatic rings. The lowest BCUT2D eigenvalue weighted by Gasteiger charge is -2.17. The molecule has 112 valence electrons. The van der Waals surface area contributed by atoms with E-state index in [9.17, 15) is 17.6 Å². The average molecular weight is 299 g/mol. The Hall–Kier alpha value is -2.24. The van der Waals surface area contributed by atoms with Gasteiger partial charge in [0.15, 0.2) is 11.6 Å². The topological polar surface area (TPSA) is 21.3 Å². The first-order valence-electron chi connectivity index (χ1n) is 6.22. The number of benzene rings is 2. The van der Waals surface area contributed by atoms with Gasteiger partial charge < -0.3 is 10.1 Å².